The molecule has 0 aromatic rings. The quantitative estimate of drug-likeness (QED) is 0.521. The zero-order chi connectivity index (χ0) is 8.15. The minimum Gasteiger partial charge on any atom is -0.631 e. The Morgan fingerprint density at radius 1 is 2.00 bits per heavy atom. The van der Waals surface area contributed by atoms with E-state index < -0.39 is 19.8 Å². The van der Waals surface area contributed by atoms with E-state index in [1.54, 1.807) is 0 Å². The van der Waals surface area contributed by atoms with Gasteiger partial charge in [-0.2, -0.15) is 0 Å². The number of rotatable bonds is 3. The third-order valence-corrected chi connectivity index (χ3v) is 1.66. The first-order valence-electron chi connectivity index (χ1n) is 2.75. The van der Waals surface area contributed by atoms with Crippen LogP contribution in [0.15, 0.2) is 0 Å². The molecule has 0 amide bonds. The maximum Gasteiger partial charge on any atom is 0.320 e. The topological polar surface area (TPSA) is 86.4 Å². The second-order valence-electron chi connectivity index (χ2n) is 1.91. The summed E-state index contributed by atoms with van der Waals surface area (Å²) in [5, 5.41) is 8.26. The van der Waals surface area contributed by atoms with E-state index in [9.17, 15) is 9.69 Å². The highest BCUT2D eigenvalue weighted by Gasteiger charge is 2.09. The molecule has 0 aliphatic heterocycles. The number of hydrogen-bond acceptors (Lipinski definition) is 3. The van der Waals surface area contributed by atoms with Gasteiger partial charge in [-0.25, -0.2) is 0 Å². The average molecular weight is 163 g/mol. The molecule has 58 valence electrons. The summed E-state index contributed by atoms with van der Waals surface area (Å²) in [6.45, 7) is 1.50. The molecule has 0 aromatic heterocycles. The van der Waals surface area contributed by atoms with Gasteiger partial charge >= 0.3 is 5.97 Å². The summed E-state index contributed by atoms with van der Waals surface area (Å²) in [6, 6.07) is -0.918. The molecule has 0 radical (unpaired) electrons. The first-order valence-corrected chi connectivity index (χ1v) is 4.53. The number of hydrogen-bond donors (Lipinski definition) is 2. The van der Waals surface area contributed by atoms with Crippen LogP contribution in [0.1, 0.15) is 6.42 Å². The Morgan fingerprint density at radius 3 is 2.80 bits per heavy atom. The average Bonchev–Trinajstić information content (AvgIpc) is 1.82. The summed E-state index contributed by atoms with van der Waals surface area (Å²) in [6.07, 6.45) is 0.168. The van der Waals surface area contributed by atoms with Gasteiger partial charge in [0.2, 0.25) is 0 Å². The molecular formula is C5H10NO3P. The van der Waals surface area contributed by atoms with Gasteiger partial charge in [0.15, 0.2) is 0 Å². The van der Waals surface area contributed by atoms with Crippen LogP contribution in [0.25, 0.3) is 0 Å². The zero-order valence-electron chi connectivity index (χ0n) is 5.65. The van der Waals surface area contributed by atoms with Crippen molar-refractivity contribution in [3.63, 3.8) is 0 Å². The van der Waals surface area contributed by atoms with E-state index in [0.29, 0.717) is 0 Å². The van der Waals surface area contributed by atoms with Crippen molar-refractivity contribution in [1.82, 2.24) is 0 Å². The van der Waals surface area contributed by atoms with E-state index in [4.69, 9.17) is 10.8 Å². The van der Waals surface area contributed by atoms with Crippen molar-refractivity contribution in [3.05, 3.63) is 0 Å². The van der Waals surface area contributed by atoms with Crippen molar-refractivity contribution in [2.45, 2.75) is 12.5 Å². The monoisotopic (exact) mass is 163 g/mol. The Kier molecular flexibility index (Phi) is 4.19. The van der Waals surface area contributed by atoms with Gasteiger partial charge in [-0.1, -0.05) is 0 Å². The Bertz CT molecular complexity index is 153. The molecule has 0 aliphatic carbocycles. The summed E-state index contributed by atoms with van der Waals surface area (Å²) < 4.78 is 0. The Hall–Kier alpha value is -0.440. The lowest BCUT2D eigenvalue weighted by Gasteiger charge is -1.98. The molecule has 3 N–H and O–H groups in total. The van der Waals surface area contributed by atoms with Crippen molar-refractivity contribution in [2.24, 2.45) is 5.73 Å². The first-order chi connectivity index (χ1) is 4.54. The third kappa shape index (κ3) is 4.44. The van der Waals surface area contributed by atoms with Crippen LogP contribution in [0.2, 0.25) is 0 Å². The number of carboxylic acids is 1. The fourth-order valence-electron chi connectivity index (χ4n) is 0.363. The largest absolute Gasteiger partial charge is 0.631 e. The normalized spacial score (nSPS) is 14.9. The van der Waals surface area contributed by atoms with Crippen molar-refractivity contribution >= 4 is 19.5 Å². The molecule has 4 nitrogen and oxygen atoms in total. The van der Waals surface area contributed by atoms with Gasteiger partial charge in [0.05, 0.1) is 12.5 Å². The predicted molar refractivity (Wildman–Crippen MR) is 39.1 cm³/mol. The van der Waals surface area contributed by atoms with Crippen LogP contribution in [0.3, 0.4) is 0 Å². The molecule has 0 saturated heterocycles. The van der Waals surface area contributed by atoms with Gasteiger partial charge in [0.25, 0.3) is 0 Å². The molecule has 0 rings (SSSR count). The highest BCUT2D eigenvalue weighted by molar-refractivity contribution is 7.49. The predicted octanol–water partition coefficient (Wildman–Crippen LogP) is -1.02. The minimum absolute atomic E-state index is 0.168. The second kappa shape index (κ2) is 4.39. The SMILES string of the molecule is C[P+]([O-])=CCC(N)C(=O)O. The van der Waals surface area contributed by atoms with Crippen molar-refractivity contribution in [1.29, 1.82) is 0 Å². The molecule has 0 aromatic carbocycles. The van der Waals surface area contributed by atoms with Crippen LogP contribution in [-0.2, 0) is 4.79 Å². The van der Waals surface area contributed by atoms with Crippen LogP contribution in [0, 0.1) is 0 Å². The van der Waals surface area contributed by atoms with E-state index >= 15 is 0 Å². The molecule has 0 heterocycles. The zero-order valence-corrected chi connectivity index (χ0v) is 6.54. The highest BCUT2D eigenvalue weighted by atomic mass is 31.1. The third-order valence-electron chi connectivity index (χ3n) is 0.934. The first kappa shape index (κ1) is 9.56. The molecule has 2 unspecified atom stereocenters. The van der Waals surface area contributed by atoms with Gasteiger partial charge in [0.1, 0.15) is 6.04 Å². The molecule has 0 saturated carbocycles. The lowest BCUT2D eigenvalue weighted by atomic mass is 10.2. The minimum atomic E-state index is -1.38. The summed E-state index contributed by atoms with van der Waals surface area (Å²) >= 11 is 0. The van der Waals surface area contributed by atoms with Crippen LogP contribution in [-0.4, -0.2) is 29.6 Å². The number of carboxylic acid groups (broad SMARTS) is 1. The number of nitrogens with two attached hydrogens (primary N) is 1. The summed E-state index contributed by atoms with van der Waals surface area (Å²) in [7, 11) is -1.38. The maximum atomic E-state index is 10.4. The standard InChI is InChI=1S/C5H10NO3P/c1-10(9)3-2-4(6)5(7)8/h3-4H,2,6H2,1H3,(H,7,8). The second-order valence-corrected chi connectivity index (χ2v) is 3.37. The van der Waals surface area contributed by atoms with E-state index in [1.165, 1.54) is 12.5 Å². The molecule has 10 heavy (non-hydrogen) atoms. The van der Waals surface area contributed by atoms with Gasteiger partial charge in [-0.3, -0.25) is 4.79 Å². The van der Waals surface area contributed by atoms with E-state index in [2.05, 4.69) is 0 Å². The smallest absolute Gasteiger partial charge is 0.320 e. The van der Waals surface area contributed by atoms with Gasteiger partial charge in [-0.15, -0.1) is 0 Å². The van der Waals surface area contributed by atoms with Crippen LogP contribution in [0.5, 0.6) is 0 Å². The van der Waals surface area contributed by atoms with Crippen molar-refractivity contribution < 1.29 is 14.8 Å². The fourth-order valence-corrected chi connectivity index (χ4v) is 0.887. The van der Waals surface area contributed by atoms with Gasteiger partial charge < -0.3 is 15.7 Å². The summed E-state index contributed by atoms with van der Waals surface area (Å²) in [5.74, 6) is 0.349. The molecule has 2 atom stereocenters. The molecule has 5 heteroatoms. The number of carbonyl (C=O) groups is 1. The Balaban J connectivity index is 3.70. The van der Waals surface area contributed by atoms with Gasteiger partial charge in [0, 0.05) is 14.2 Å². The van der Waals surface area contributed by atoms with E-state index in [-0.39, 0.29) is 6.42 Å². The van der Waals surface area contributed by atoms with E-state index in [1.807, 2.05) is 0 Å². The van der Waals surface area contributed by atoms with E-state index in [0.717, 1.165) is 0 Å². The lowest BCUT2D eigenvalue weighted by molar-refractivity contribution is -0.151. The highest BCUT2D eigenvalue weighted by Crippen LogP contribution is 2.01. The van der Waals surface area contributed by atoms with Crippen molar-refractivity contribution in [3.8, 4) is 0 Å². The lowest BCUT2D eigenvalue weighted by Crippen LogP contribution is -2.30. The molecule has 0 fully saturated rings. The fraction of sp³-hybridized carbons (Fsp3) is 0.600. The molecule has 0 aliphatic rings. The van der Waals surface area contributed by atoms with Crippen LogP contribution < -0.4 is 10.6 Å². The van der Waals surface area contributed by atoms with Crippen molar-refractivity contribution in [2.75, 3.05) is 6.66 Å². The molecule has 0 bridgehead atoms. The maximum absolute atomic E-state index is 10.4. The summed E-state index contributed by atoms with van der Waals surface area (Å²) in [5.41, 5.74) is 5.11. The summed E-state index contributed by atoms with van der Waals surface area (Å²) in [4.78, 5) is 20.5. The van der Waals surface area contributed by atoms with Crippen LogP contribution >= 0.6 is 7.77 Å². The molecular weight excluding hydrogens is 153 g/mol. The number of aliphatic carboxylic acids is 1. The van der Waals surface area contributed by atoms with Gasteiger partial charge in [-0.05, 0) is 0 Å². The Morgan fingerprint density at radius 2 is 2.50 bits per heavy atom. The Labute approximate surface area is 60.1 Å². The molecule has 0 spiro atoms. The van der Waals surface area contributed by atoms with Crippen LogP contribution in [0.4, 0.5) is 0 Å².